The zero-order chi connectivity index (χ0) is 14.9. The molecule has 1 heterocycles. The zero-order valence-electron chi connectivity index (χ0n) is 10.6. The first kappa shape index (κ1) is 15.9. The molecule has 0 spiro atoms. The summed E-state index contributed by atoms with van der Waals surface area (Å²) in [5.74, 6) is 0. The van der Waals surface area contributed by atoms with E-state index in [2.05, 4.69) is 36.9 Å². The lowest BCUT2D eigenvalue weighted by Crippen LogP contribution is -2.34. The van der Waals surface area contributed by atoms with E-state index >= 15 is 0 Å². The first-order valence-corrected chi connectivity index (χ1v) is 8.95. The van der Waals surface area contributed by atoms with E-state index in [1.165, 1.54) is 10.4 Å². The number of nitrogens with zero attached hydrogens (tertiary/aromatic N) is 2. The van der Waals surface area contributed by atoms with Crippen molar-refractivity contribution in [1.29, 1.82) is 0 Å². The van der Waals surface area contributed by atoms with Crippen LogP contribution < -0.4 is 0 Å². The summed E-state index contributed by atoms with van der Waals surface area (Å²) in [4.78, 5) is 14.2. The molecular weight excluding hydrogens is 412 g/mol. The lowest BCUT2D eigenvalue weighted by atomic mass is 10.2. The minimum Gasteiger partial charge on any atom is -0.211 e. The van der Waals surface area contributed by atoms with E-state index < -0.39 is 16.2 Å². The Kier molecular flexibility index (Phi) is 4.81. The molecule has 0 bridgehead atoms. The number of isocyanates is 1. The molecule has 2 rings (SSSR count). The van der Waals surface area contributed by atoms with Gasteiger partial charge in [-0.15, -0.1) is 0 Å². The summed E-state index contributed by atoms with van der Waals surface area (Å²) in [6.07, 6.45) is 2.02. The third-order valence-electron chi connectivity index (χ3n) is 3.17. The summed E-state index contributed by atoms with van der Waals surface area (Å²) in [7, 11) is -3.70. The van der Waals surface area contributed by atoms with Crippen LogP contribution in [0.4, 0.5) is 0 Å². The summed E-state index contributed by atoms with van der Waals surface area (Å²) < 4.78 is 27.8. The standard InChI is InChI=1S/C12H12Br2N2O3S/c1-8-5-10(14)11(6-9(8)13)20(18,19)16-4-2-3-12(16)15-7-17/h5-6,12H,2-4H2,1H3. The molecule has 8 heteroatoms. The summed E-state index contributed by atoms with van der Waals surface area (Å²) in [6.45, 7) is 2.23. The van der Waals surface area contributed by atoms with Crippen LogP contribution in [0.1, 0.15) is 18.4 Å². The van der Waals surface area contributed by atoms with Crippen LogP contribution in [0, 0.1) is 6.92 Å². The molecule has 1 aliphatic rings. The monoisotopic (exact) mass is 422 g/mol. The minimum atomic E-state index is -3.70. The number of benzene rings is 1. The first-order chi connectivity index (χ1) is 9.37. The zero-order valence-corrected chi connectivity index (χ0v) is 14.6. The van der Waals surface area contributed by atoms with Crippen molar-refractivity contribution < 1.29 is 13.2 Å². The molecule has 5 nitrogen and oxygen atoms in total. The van der Waals surface area contributed by atoms with Gasteiger partial charge in [-0.1, -0.05) is 15.9 Å². The van der Waals surface area contributed by atoms with E-state index in [1.54, 1.807) is 12.1 Å². The number of aryl methyl sites for hydroxylation is 1. The summed E-state index contributed by atoms with van der Waals surface area (Å²) in [5.41, 5.74) is 0.930. The molecule has 1 unspecified atom stereocenters. The van der Waals surface area contributed by atoms with Crippen LogP contribution in [0.25, 0.3) is 0 Å². The highest BCUT2D eigenvalue weighted by atomic mass is 79.9. The fraction of sp³-hybridized carbons (Fsp3) is 0.417. The molecule has 0 aliphatic carbocycles. The van der Waals surface area contributed by atoms with E-state index in [9.17, 15) is 13.2 Å². The fourth-order valence-corrected chi connectivity index (χ4v) is 5.38. The molecule has 1 aromatic rings. The molecule has 0 amide bonds. The number of sulfonamides is 1. The molecule has 1 fully saturated rings. The number of aliphatic imine (C=N–C) groups is 1. The SMILES string of the molecule is Cc1cc(Br)c(S(=O)(=O)N2CCCC2N=C=O)cc1Br. The Morgan fingerprint density at radius 1 is 1.35 bits per heavy atom. The fourth-order valence-electron chi connectivity index (χ4n) is 2.14. The largest absolute Gasteiger partial charge is 0.246 e. The van der Waals surface area contributed by atoms with E-state index in [-0.39, 0.29) is 4.90 Å². The van der Waals surface area contributed by atoms with E-state index in [0.29, 0.717) is 28.3 Å². The topological polar surface area (TPSA) is 66.8 Å². The lowest BCUT2D eigenvalue weighted by Gasteiger charge is -2.21. The molecule has 0 aromatic heterocycles. The van der Waals surface area contributed by atoms with Crippen molar-refractivity contribution in [3.05, 3.63) is 26.6 Å². The van der Waals surface area contributed by atoms with E-state index in [4.69, 9.17) is 0 Å². The maximum absolute atomic E-state index is 12.7. The molecule has 20 heavy (non-hydrogen) atoms. The highest BCUT2D eigenvalue weighted by molar-refractivity contribution is 9.11. The van der Waals surface area contributed by atoms with Crippen molar-refractivity contribution in [2.75, 3.05) is 6.54 Å². The van der Waals surface area contributed by atoms with Gasteiger partial charge in [-0.05, 0) is 53.4 Å². The van der Waals surface area contributed by atoms with Gasteiger partial charge in [0, 0.05) is 15.5 Å². The molecule has 1 saturated heterocycles. The maximum atomic E-state index is 12.7. The quantitative estimate of drug-likeness (QED) is 0.554. The molecule has 1 aromatic carbocycles. The third kappa shape index (κ3) is 2.89. The number of halogens is 2. The van der Waals surface area contributed by atoms with Gasteiger partial charge in [0.2, 0.25) is 16.1 Å². The molecule has 0 N–H and O–H groups in total. The molecule has 1 atom stereocenters. The number of hydrogen-bond donors (Lipinski definition) is 0. The molecular formula is C12H12Br2N2O3S. The van der Waals surface area contributed by atoms with Crippen LogP contribution in [0.15, 0.2) is 31.0 Å². The van der Waals surface area contributed by atoms with Gasteiger partial charge < -0.3 is 0 Å². The third-order valence-corrected chi connectivity index (χ3v) is 6.88. The highest BCUT2D eigenvalue weighted by Crippen LogP contribution is 2.33. The van der Waals surface area contributed by atoms with Crippen molar-refractivity contribution in [3.63, 3.8) is 0 Å². The first-order valence-electron chi connectivity index (χ1n) is 5.92. The second-order valence-electron chi connectivity index (χ2n) is 4.49. The lowest BCUT2D eigenvalue weighted by molar-refractivity contribution is 0.395. The van der Waals surface area contributed by atoms with Gasteiger partial charge >= 0.3 is 0 Å². The minimum absolute atomic E-state index is 0.169. The van der Waals surface area contributed by atoms with Gasteiger partial charge in [-0.2, -0.15) is 9.30 Å². The average molecular weight is 424 g/mol. The van der Waals surface area contributed by atoms with Crippen LogP contribution in [0.3, 0.4) is 0 Å². The highest BCUT2D eigenvalue weighted by Gasteiger charge is 2.36. The number of carbonyl (C=O) groups excluding carboxylic acids is 1. The Labute approximate surface area is 134 Å². The van der Waals surface area contributed by atoms with E-state index in [0.717, 1.165) is 5.56 Å². The second-order valence-corrected chi connectivity index (χ2v) is 8.06. The second kappa shape index (κ2) is 6.07. The normalized spacial score (nSPS) is 19.9. The smallest absolute Gasteiger partial charge is 0.211 e. The van der Waals surface area contributed by atoms with Crippen molar-refractivity contribution >= 4 is 48.0 Å². The predicted octanol–water partition coefficient (Wildman–Crippen LogP) is 2.97. The van der Waals surface area contributed by atoms with Crippen LogP contribution in [0.2, 0.25) is 0 Å². The molecule has 108 valence electrons. The Bertz CT molecular complexity index is 684. The van der Waals surface area contributed by atoms with Gasteiger partial charge in [0.25, 0.3) is 0 Å². The van der Waals surface area contributed by atoms with Crippen LogP contribution in [0.5, 0.6) is 0 Å². The number of rotatable bonds is 3. The molecule has 0 radical (unpaired) electrons. The summed E-state index contributed by atoms with van der Waals surface area (Å²) in [5, 5.41) is 0. The summed E-state index contributed by atoms with van der Waals surface area (Å²) >= 11 is 6.63. The maximum Gasteiger partial charge on any atom is 0.246 e. The van der Waals surface area contributed by atoms with Gasteiger partial charge in [0.15, 0.2) is 0 Å². The van der Waals surface area contributed by atoms with Gasteiger partial charge in [0.1, 0.15) is 6.17 Å². The van der Waals surface area contributed by atoms with Crippen molar-refractivity contribution in [3.8, 4) is 0 Å². The van der Waals surface area contributed by atoms with Crippen molar-refractivity contribution in [2.24, 2.45) is 4.99 Å². The van der Waals surface area contributed by atoms with Crippen molar-refractivity contribution in [1.82, 2.24) is 4.31 Å². The number of hydrogen-bond acceptors (Lipinski definition) is 4. The van der Waals surface area contributed by atoms with Crippen LogP contribution in [-0.4, -0.2) is 31.5 Å². The average Bonchev–Trinajstić information content (AvgIpc) is 2.83. The molecule has 1 aliphatic heterocycles. The van der Waals surface area contributed by atoms with Crippen LogP contribution in [-0.2, 0) is 14.8 Å². The summed E-state index contributed by atoms with van der Waals surface area (Å²) in [6, 6.07) is 3.31. The van der Waals surface area contributed by atoms with E-state index in [1.807, 2.05) is 6.92 Å². The Balaban J connectivity index is 2.50. The Morgan fingerprint density at radius 3 is 2.70 bits per heavy atom. The van der Waals surface area contributed by atoms with Gasteiger partial charge in [-0.25, -0.2) is 13.2 Å². The predicted molar refractivity (Wildman–Crippen MR) is 81.6 cm³/mol. The van der Waals surface area contributed by atoms with Gasteiger partial charge in [-0.3, -0.25) is 0 Å². The van der Waals surface area contributed by atoms with Gasteiger partial charge in [0.05, 0.1) is 4.90 Å². The Morgan fingerprint density at radius 2 is 2.05 bits per heavy atom. The Hall–Kier alpha value is -0.530. The molecule has 0 saturated carbocycles. The van der Waals surface area contributed by atoms with Crippen molar-refractivity contribution in [2.45, 2.75) is 30.8 Å². The van der Waals surface area contributed by atoms with Crippen LogP contribution >= 0.6 is 31.9 Å².